The van der Waals surface area contributed by atoms with Crippen LogP contribution < -0.4 is 0 Å². The Hall–Kier alpha value is 0.640. The molecule has 5 heteroatoms. The van der Waals surface area contributed by atoms with Gasteiger partial charge in [-0.15, -0.1) is 0 Å². The lowest BCUT2D eigenvalue weighted by Gasteiger charge is -2.36. The lowest BCUT2D eigenvalue weighted by atomic mass is 10.3. The van der Waals surface area contributed by atoms with E-state index in [1.165, 1.54) is 0 Å². The molecule has 0 radical (unpaired) electrons. The highest BCUT2D eigenvalue weighted by atomic mass is 127. The zero-order chi connectivity index (χ0) is 9.14. The fourth-order valence-electron chi connectivity index (χ4n) is 1.22. The van der Waals surface area contributed by atoms with Crippen molar-refractivity contribution in [1.82, 2.24) is 9.80 Å². The summed E-state index contributed by atoms with van der Waals surface area (Å²) in [5.41, 5.74) is 0. The maximum absolute atomic E-state index is 11.3. The average molecular weight is 347 g/mol. The van der Waals surface area contributed by atoms with Gasteiger partial charge >= 0.3 is 0 Å². The first-order chi connectivity index (χ1) is 5.65. The average Bonchev–Trinajstić information content (AvgIpc) is 2.03. The van der Waals surface area contributed by atoms with Gasteiger partial charge in [-0.2, -0.15) is 0 Å². The van der Waals surface area contributed by atoms with Crippen molar-refractivity contribution in [3.63, 3.8) is 0 Å². The van der Waals surface area contributed by atoms with Crippen molar-refractivity contribution < 1.29 is 4.79 Å². The maximum atomic E-state index is 11.3. The highest BCUT2D eigenvalue weighted by molar-refractivity contribution is 14.1. The molecule has 1 saturated heterocycles. The summed E-state index contributed by atoms with van der Waals surface area (Å²) in [5.74, 6) is 0.197. The molecule has 1 aliphatic heterocycles. The van der Waals surface area contributed by atoms with Crippen molar-refractivity contribution in [2.45, 2.75) is 4.05 Å². The molecule has 0 saturated carbocycles. The number of likely N-dealkylation sites (N-methyl/N-ethyl adjacent to an activating group) is 1. The molecule has 12 heavy (non-hydrogen) atoms. The van der Waals surface area contributed by atoms with Gasteiger partial charge in [-0.1, -0.05) is 38.5 Å². The molecule has 0 bridgehead atoms. The van der Waals surface area contributed by atoms with Gasteiger partial charge in [-0.3, -0.25) is 4.79 Å². The van der Waals surface area contributed by atoms with E-state index in [1.807, 2.05) is 4.90 Å². The Balaban J connectivity index is 2.50. The summed E-state index contributed by atoms with van der Waals surface area (Å²) in [6.07, 6.45) is 0. The normalized spacial score (nSPS) is 25.9. The van der Waals surface area contributed by atoms with Crippen LogP contribution in [-0.2, 0) is 4.79 Å². The molecule has 70 valence electrons. The van der Waals surface area contributed by atoms with Crippen molar-refractivity contribution in [2.75, 3.05) is 32.0 Å². The van der Waals surface area contributed by atoms with Gasteiger partial charge in [0.2, 0.25) is 5.91 Å². The molecule has 1 amide bonds. The van der Waals surface area contributed by atoms with Crippen molar-refractivity contribution in [3.8, 4) is 0 Å². The zero-order valence-corrected chi connectivity index (χ0v) is 10.7. The standard InChI is InChI=1S/C7H12BrIN2O/c1-10-2-3-11(6(9)5-10)7(12)4-8/h6H,2-5H2,1H3. The van der Waals surface area contributed by atoms with Gasteiger partial charge in [0.1, 0.15) is 0 Å². The SMILES string of the molecule is CN1CCN(C(=O)CBr)C(I)C1. The highest BCUT2D eigenvalue weighted by Crippen LogP contribution is 2.14. The number of piperazine rings is 1. The van der Waals surface area contributed by atoms with Crippen molar-refractivity contribution in [1.29, 1.82) is 0 Å². The van der Waals surface area contributed by atoms with Gasteiger partial charge in [-0.25, -0.2) is 0 Å². The third kappa shape index (κ3) is 2.56. The second-order valence-electron chi connectivity index (χ2n) is 2.92. The fourth-order valence-corrected chi connectivity index (χ4v) is 2.81. The number of carbonyl (C=O) groups excluding carboxylic acids is 1. The molecule has 0 aromatic rings. The largest absolute Gasteiger partial charge is 0.327 e. The molecule has 0 aliphatic carbocycles. The van der Waals surface area contributed by atoms with Crippen LogP contribution in [0.1, 0.15) is 0 Å². The minimum atomic E-state index is 0.197. The Morgan fingerprint density at radius 3 is 2.83 bits per heavy atom. The van der Waals surface area contributed by atoms with Gasteiger partial charge in [0.25, 0.3) is 0 Å². The topological polar surface area (TPSA) is 23.6 Å². The van der Waals surface area contributed by atoms with Crippen molar-refractivity contribution >= 4 is 44.4 Å². The van der Waals surface area contributed by atoms with Crippen molar-refractivity contribution in [3.05, 3.63) is 0 Å². The fraction of sp³-hybridized carbons (Fsp3) is 0.857. The molecular formula is C7H12BrIN2O. The number of rotatable bonds is 1. The summed E-state index contributed by atoms with van der Waals surface area (Å²) >= 11 is 5.50. The summed E-state index contributed by atoms with van der Waals surface area (Å²) < 4.78 is 0.325. The van der Waals surface area contributed by atoms with Crippen LogP contribution in [0.4, 0.5) is 0 Å². The van der Waals surface area contributed by atoms with Crippen LogP contribution in [-0.4, -0.2) is 51.8 Å². The molecule has 0 aromatic carbocycles. The molecular weight excluding hydrogens is 335 g/mol. The van der Waals surface area contributed by atoms with E-state index in [9.17, 15) is 4.79 Å². The second kappa shape index (κ2) is 4.76. The quantitative estimate of drug-likeness (QED) is 0.400. The van der Waals surface area contributed by atoms with Crippen LogP contribution in [0.5, 0.6) is 0 Å². The summed E-state index contributed by atoms with van der Waals surface area (Å²) in [6, 6.07) is 0. The van der Waals surface area contributed by atoms with Crippen LogP contribution in [0, 0.1) is 0 Å². The predicted octanol–water partition coefficient (Wildman–Crippen LogP) is 0.916. The maximum Gasteiger partial charge on any atom is 0.234 e. The van der Waals surface area contributed by atoms with Gasteiger partial charge in [0, 0.05) is 19.6 Å². The molecule has 3 nitrogen and oxygen atoms in total. The van der Waals surface area contributed by atoms with E-state index in [1.54, 1.807) is 0 Å². The minimum absolute atomic E-state index is 0.197. The molecule has 0 aromatic heterocycles. The molecule has 1 aliphatic rings. The summed E-state index contributed by atoms with van der Waals surface area (Å²) in [7, 11) is 2.08. The summed E-state index contributed by atoms with van der Waals surface area (Å²) in [5, 5.41) is 0.441. The number of halogens is 2. The first-order valence-corrected chi connectivity index (χ1v) is 6.20. The van der Waals surface area contributed by atoms with Gasteiger partial charge in [0.15, 0.2) is 0 Å². The van der Waals surface area contributed by atoms with E-state index < -0.39 is 0 Å². The Bertz CT molecular complexity index is 179. The monoisotopic (exact) mass is 346 g/mol. The van der Waals surface area contributed by atoms with E-state index in [0.717, 1.165) is 19.6 Å². The third-order valence-corrected chi connectivity index (χ3v) is 3.50. The molecule has 0 N–H and O–H groups in total. The number of alkyl halides is 2. The Morgan fingerprint density at radius 2 is 2.33 bits per heavy atom. The minimum Gasteiger partial charge on any atom is -0.327 e. The highest BCUT2D eigenvalue weighted by Gasteiger charge is 2.25. The summed E-state index contributed by atoms with van der Waals surface area (Å²) in [6.45, 7) is 2.81. The first-order valence-electron chi connectivity index (χ1n) is 3.83. The molecule has 1 unspecified atom stereocenters. The predicted molar refractivity (Wildman–Crippen MR) is 60.8 cm³/mol. The first kappa shape index (κ1) is 10.7. The Labute approximate surface area is 94.7 Å². The Morgan fingerprint density at radius 1 is 1.67 bits per heavy atom. The number of carbonyl (C=O) groups is 1. The molecule has 1 rings (SSSR count). The third-order valence-electron chi connectivity index (χ3n) is 1.96. The number of hydrogen-bond donors (Lipinski definition) is 0. The van der Waals surface area contributed by atoms with Crippen LogP contribution >= 0.6 is 38.5 Å². The lowest BCUT2D eigenvalue weighted by molar-refractivity contribution is -0.130. The number of nitrogens with zero attached hydrogens (tertiary/aromatic N) is 2. The second-order valence-corrected chi connectivity index (χ2v) is 4.92. The molecule has 0 spiro atoms. The zero-order valence-electron chi connectivity index (χ0n) is 6.96. The number of amides is 1. The van der Waals surface area contributed by atoms with E-state index >= 15 is 0 Å². The van der Waals surface area contributed by atoms with Crippen LogP contribution in [0.25, 0.3) is 0 Å². The molecule has 1 heterocycles. The van der Waals surface area contributed by atoms with E-state index in [2.05, 4.69) is 50.5 Å². The molecule has 1 fully saturated rings. The van der Waals surface area contributed by atoms with E-state index in [4.69, 9.17) is 0 Å². The van der Waals surface area contributed by atoms with Crippen LogP contribution in [0.3, 0.4) is 0 Å². The van der Waals surface area contributed by atoms with Crippen LogP contribution in [0.15, 0.2) is 0 Å². The van der Waals surface area contributed by atoms with Gasteiger partial charge in [-0.05, 0) is 7.05 Å². The van der Waals surface area contributed by atoms with E-state index in [-0.39, 0.29) is 5.91 Å². The number of hydrogen-bond acceptors (Lipinski definition) is 2. The van der Waals surface area contributed by atoms with Crippen molar-refractivity contribution in [2.24, 2.45) is 0 Å². The lowest BCUT2D eigenvalue weighted by Crippen LogP contribution is -2.51. The molecule has 1 atom stereocenters. The van der Waals surface area contributed by atoms with Gasteiger partial charge < -0.3 is 9.80 Å². The van der Waals surface area contributed by atoms with Gasteiger partial charge in [0.05, 0.1) is 9.38 Å². The summed E-state index contributed by atoms with van der Waals surface area (Å²) in [4.78, 5) is 15.5. The Kier molecular flexibility index (Phi) is 4.25. The smallest absolute Gasteiger partial charge is 0.234 e. The van der Waals surface area contributed by atoms with Crippen LogP contribution in [0.2, 0.25) is 0 Å². The van der Waals surface area contributed by atoms with E-state index in [0.29, 0.717) is 9.38 Å².